The van der Waals surface area contributed by atoms with Crippen LogP contribution in [-0.2, 0) is 4.74 Å². The van der Waals surface area contributed by atoms with Gasteiger partial charge in [0.1, 0.15) is 11.4 Å². The molecule has 164 valence electrons. The zero-order valence-corrected chi connectivity index (χ0v) is 17.9. The van der Waals surface area contributed by atoms with Crippen molar-refractivity contribution in [3.05, 3.63) is 17.3 Å². The van der Waals surface area contributed by atoms with Gasteiger partial charge in [-0.05, 0) is 40.2 Å². The summed E-state index contributed by atoms with van der Waals surface area (Å²) in [5.74, 6) is 0.561. The number of amides is 1. The molecule has 2 rings (SSSR count). The number of nitrogens with zero attached hydrogens (tertiary/aromatic N) is 3. The highest BCUT2D eigenvalue weighted by Gasteiger charge is 2.33. The van der Waals surface area contributed by atoms with Gasteiger partial charge in [0, 0.05) is 25.2 Å². The molecule has 1 fully saturated rings. The Labute approximate surface area is 174 Å². The summed E-state index contributed by atoms with van der Waals surface area (Å²) in [6.07, 6.45) is -1.83. The Morgan fingerprint density at radius 2 is 2.10 bits per heavy atom. The van der Waals surface area contributed by atoms with Gasteiger partial charge in [-0.15, -0.1) is 0 Å². The van der Waals surface area contributed by atoms with Crippen LogP contribution in [0.4, 0.5) is 29.5 Å². The van der Waals surface area contributed by atoms with Gasteiger partial charge in [0.15, 0.2) is 0 Å². The van der Waals surface area contributed by atoms with E-state index in [1.54, 1.807) is 33.8 Å². The monoisotopic (exact) mass is 436 g/mol. The molecule has 29 heavy (non-hydrogen) atoms. The van der Waals surface area contributed by atoms with Crippen LogP contribution in [-0.4, -0.2) is 60.0 Å². The minimum absolute atomic E-state index is 0.0969. The van der Waals surface area contributed by atoms with Crippen molar-refractivity contribution < 1.29 is 22.7 Å². The van der Waals surface area contributed by atoms with Gasteiger partial charge in [-0.25, -0.2) is 9.78 Å². The highest BCUT2D eigenvalue weighted by atomic mass is 35.5. The van der Waals surface area contributed by atoms with Crippen LogP contribution in [0.2, 0.25) is 5.02 Å². The fourth-order valence-corrected chi connectivity index (χ4v) is 3.43. The van der Waals surface area contributed by atoms with Crippen molar-refractivity contribution in [2.75, 3.05) is 36.4 Å². The molecule has 0 radical (unpaired) electrons. The SMILES string of the molecule is CCN(C[C@H]1CCCN1c1cc(NC(=O)OC(C)(C)C)c(Cl)cn1)CC(F)(F)F. The summed E-state index contributed by atoms with van der Waals surface area (Å²) >= 11 is 6.15. The van der Waals surface area contributed by atoms with E-state index in [9.17, 15) is 18.0 Å². The van der Waals surface area contributed by atoms with E-state index in [1.165, 1.54) is 11.1 Å². The van der Waals surface area contributed by atoms with E-state index in [0.717, 1.165) is 12.8 Å². The third kappa shape index (κ3) is 7.54. The lowest BCUT2D eigenvalue weighted by molar-refractivity contribution is -0.145. The van der Waals surface area contributed by atoms with Crippen LogP contribution < -0.4 is 10.2 Å². The summed E-state index contributed by atoms with van der Waals surface area (Å²) in [6.45, 7) is 7.30. The van der Waals surface area contributed by atoms with Gasteiger partial charge in [-0.2, -0.15) is 13.2 Å². The average molecular weight is 437 g/mol. The van der Waals surface area contributed by atoms with E-state index in [-0.39, 0.29) is 17.6 Å². The lowest BCUT2D eigenvalue weighted by Gasteiger charge is -2.31. The Balaban J connectivity index is 2.13. The molecule has 0 aliphatic carbocycles. The second-order valence-electron chi connectivity index (χ2n) is 8.08. The number of alkyl halides is 3. The Morgan fingerprint density at radius 1 is 1.41 bits per heavy atom. The van der Waals surface area contributed by atoms with Gasteiger partial charge < -0.3 is 9.64 Å². The molecule has 0 bridgehead atoms. The third-order valence-electron chi connectivity index (χ3n) is 4.47. The van der Waals surface area contributed by atoms with E-state index in [1.807, 2.05) is 4.90 Å². The third-order valence-corrected chi connectivity index (χ3v) is 4.77. The largest absolute Gasteiger partial charge is 0.444 e. The molecular weight excluding hydrogens is 409 g/mol. The Bertz CT molecular complexity index is 710. The minimum Gasteiger partial charge on any atom is -0.444 e. The van der Waals surface area contributed by atoms with Crippen LogP contribution in [0.15, 0.2) is 12.3 Å². The molecule has 1 aromatic heterocycles. The molecule has 0 unspecified atom stereocenters. The number of ether oxygens (including phenoxy) is 1. The highest BCUT2D eigenvalue weighted by Crippen LogP contribution is 2.30. The van der Waals surface area contributed by atoms with Gasteiger partial charge in [0.25, 0.3) is 0 Å². The summed E-state index contributed by atoms with van der Waals surface area (Å²) in [5, 5.41) is 2.86. The number of rotatable bonds is 6. The molecule has 1 atom stereocenters. The second-order valence-corrected chi connectivity index (χ2v) is 8.49. The van der Waals surface area contributed by atoms with Crippen LogP contribution in [0.5, 0.6) is 0 Å². The molecule has 0 spiro atoms. The zero-order valence-electron chi connectivity index (χ0n) is 17.1. The van der Waals surface area contributed by atoms with Crippen LogP contribution in [0.25, 0.3) is 0 Å². The molecule has 0 saturated carbocycles. The molecule has 1 amide bonds. The van der Waals surface area contributed by atoms with Crippen molar-refractivity contribution in [3.8, 4) is 0 Å². The van der Waals surface area contributed by atoms with Gasteiger partial charge in [0.05, 0.1) is 23.5 Å². The smallest absolute Gasteiger partial charge is 0.412 e. The number of hydrogen-bond donors (Lipinski definition) is 1. The molecule has 1 N–H and O–H groups in total. The standard InChI is InChI=1S/C19H28ClF3N4O2/c1-5-26(12-19(21,22)23)11-13-7-6-8-27(13)16-9-15(14(20)10-24-16)25-17(28)29-18(2,3)4/h9-10,13H,5-8,11-12H2,1-4H3,(H,24,25,28)/t13-/m1/s1. The molecule has 1 aliphatic heterocycles. The lowest BCUT2D eigenvalue weighted by Crippen LogP contribution is -2.44. The normalized spacial score (nSPS) is 17.7. The van der Waals surface area contributed by atoms with Crippen molar-refractivity contribution in [2.45, 2.75) is 58.4 Å². The summed E-state index contributed by atoms with van der Waals surface area (Å²) < 4.78 is 43.6. The fraction of sp³-hybridized carbons (Fsp3) is 0.684. The first-order chi connectivity index (χ1) is 13.4. The number of aromatic nitrogens is 1. The van der Waals surface area contributed by atoms with Crippen LogP contribution in [0.1, 0.15) is 40.5 Å². The maximum atomic E-state index is 12.8. The molecule has 10 heteroatoms. The minimum atomic E-state index is -4.23. The van der Waals surface area contributed by atoms with Crippen LogP contribution >= 0.6 is 11.6 Å². The average Bonchev–Trinajstić information content (AvgIpc) is 3.01. The summed E-state index contributed by atoms with van der Waals surface area (Å²) in [7, 11) is 0. The molecule has 2 heterocycles. The molecular formula is C19H28ClF3N4O2. The predicted molar refractivity (Wildman–Crippen MR) is 108 cm³/mol. The quantitative estimate of drug-likeness (QED) is 0.684. The van der Waals surface area contributed by atoms with Gasteiger partial charge in [-0.3, -0.25) is 10.2 Å². The first-order valence-electron chi connectivity index (χ1n) is 9.59. The highest BCUT2D eigenvalue weighted by molar-refractivity contribution is 6.33. The van der Waals surface area contributed by atoms with Crippen molar-refractivity contribution in [1.29, 1.82) is 0 Å². The zero-order chi connectivity index (χ0) is 21.8. The number of likely N-dealkylation sites (N-methyl/N-ethyl adjacent to an activating group) is 1. The molecule has 1 aromatic rings. The molecule has 1 aliphatic rings. The molecule has 6 nitrogen and oxygen atoms in total. The van der Waals surface area contributed by atoms with E-state index in [2.05, 4.69) is 10.3 Å². The number of nitrogens with one attached hydrogen (secondary N) is 1. The number of hydrogen-bond acceptors (Lipinski definition) is 5. The maximum absolute atomic E-state index is 12.8. The van der Waals surface area contributed by atoms with Gasteiger partial charge >= 0.3 is 12.3 Å². The van der Waals surface area contributed by atoms with Gasteiger partial charge in [-0.1, -0.05) is 18.5 Å². The fourth-order valence-electron chi connectivity index (χ4n) is 3.28. The predicted octanol–water partition coefficient (Wildman–Crippen LogP) is 4.94. The molecule has 1 saturated heterocycles. The second kappa shape index (κ2) is 9.38. The van der Waals surface area contributed by atoms with Crippen LogP contribution in [0.3, 0.4) is 0 Å². The number of anilines is 2. The summed E-state index contributed by atoms with van der Waals surface area (Å²) in [5.41, 5.74) is -0.312. The molecule has 0 aromatic carbocycles. The number of halogens is 4. The number of carbonyl (C=O) groups is 1. The van der Waals surface area contributed by atoms with Gasteiger partial charge in [0.2, 0.25) is 0 Å². The van der Waals surface area contributed by atoms with Crippen molar-refractivity contribution in [3.63, 3.8) is 0 Å². The van der Waals surface area contributed by atoms with E-state index >= 15 is 0 Å². The Kier molecular flexibility index (Phi) is 7.62. The first-order valence-corrected chi connectivity index (χ1v) is 9.97. The lowest BCUT2D eigenvalue weighted by atomic mass is 10.2. The number of pyridine rings is 1. The maximum Gasteiger partial charge on any atom is 0.412 e. The Hall–Kier alpha value is -1.74. The first kappa shape index (κ1) is 23.5. The van der Waals surface area contributed by atoms with E-state index < -0.39 is 24.4 Å². The van der Waals surface area contributed by atoms with E-state index in [0.29, 0.717) is 24.6 Å². The summed E-state index contributed by atoms with van der Waals surface area (Å²) in [4.78, 5) is 19.7. The van der Waals surface area contributed by atoms with Crippen LogP contribution in [0, 0.1) is 0 Å². The van der Waals surface area contributed by atoms with Crippen molar-refractivity contribution in [1.82, 2.24) is 9.88 Å². The Morgan fingerprint density at radius 3 is 2.69 bits per heavy atom. The topological polar surface area (TPSA) is 57.7 Å². The van der Waals surface area contributed by atoms with Crippen molar-refractivity contribution >= 4 is 29.2 Å². The summed E-state index contributed by atoms with van der Waals surface area (Å²) in [6, 6.07) is 1.53. The number of carbonyl (C=O) groups excluding carboxylic acids is 1. The van der Waals surface area contributed by atoms with Crippen molar-refractivity contribution in [2.24, 2.45) is 0 Å². The van der Waals surface area contributed by atoms with E-state index in [4.69, 9.17) is 16.3 Å².